The van der Waals surface area contributed by atoms with Gasteiger partial charge in [0, 0.05) is 19.3 Å². The van der Waals surface area contributed by atoms with Gasteiger partial charge in [0.15, 0.2) is 6.10 Å². The second-order valence-corrected chi connectivity index (χ2v) is 22.4. The highest BCUT2D eigenvalue weighted by atomic mass is 16.6. The molecule has 0 heterocycles. The van der Waals surface area contributed by atoms with Crippen molar-refractivity contribution in [2.75, 3.05) is 13.2 Å². The number of hydrogen-bond donors (Lipinski definition) is 0. The summed E-state index contributed by atoms with van der Waals surface area (Å²) in [5, 5.41) is 0. The van der Waals surface area contributed by atoms with E-state index in [1.807, 2.05) is 0 Å². The maximum Gasteiger partial charge on any atom is 0.306 e. The molecule has 0 aliphatic heterocycles. The van der Waals surface area contributed by atoms with Gasteiger partial charge in [0.25, 0.3) is 0 Å². The lowest BCUT2D eigenvalue weighted by Crippen LogP contribution is -2.30. The van der Waals surface area contributed by atoms with Crippen LogP contribution in [0, 0.1) is 0 Å². The van der Waals surface area contributed by atoms with Crippen molar-refractivity contribution in [1.29, 1.82) is 0 Å². The number of unbranched alkanes of at least 4 members (excludes halogenated alkanes) is 38. The molecule has 0 spiro atoms. The Hall–Kier alpha value is -3.15. The first-order valence-corrected chi connectivity index (χ1v) is 33.4. The molecule has 1 unspecified atom stereocenters. The summed E-state index contributed by atoms with van der Waals surface area (Å²) in [7, 11) is 0. The molecule has 0 aromatic heterocycles. The van der Waals surface area contributed by atoms with E-state index in [-0.39, 0.29) is 31.1 Å². The molecule has 0 amide bonds. The van der Waals surface area contributed by atoms with Crippen molar-refractivity contribution in [2.45, 2.75) is 348 Å². The van der Waals surface area contributed by atoms with Crippen LogP contribution in [0.2, 0.25) is 0 Å². The monoisotopic (exact) mass is 1070 g/mol. The summed E-state index contributed by atoms with van der Waals surface area (Å²) in [6, 6.07) is 0. The van der Waals surface area contributed by atoms with Crippen LogP contribution < -0.4 is 0 Å². The van der Waals surface area contributed by atoms with Gasteiger partial charge in [-0.25, -0.2) is 0 Å². The first kappa shape index (κ1) is 73.8. The largest absolute Gasteiger partial charge is 0.462 e. The minimum absolute atomic E-state index is 0.0887. The van der Waals surface area contributed by atoms with Gasteiger partial charge in [0.2, 0.25) is 0 Å². The van der Waals surface area contributed by atoms with Gasteiger partial charge in [0.05, 0.1) is 0 Å². The van der Waals surface area contributed by atoms with Crippen molar-refractivity contribution >= 4 is 17.9 Å². The molecular weight excluding hydrogens is 949 g/mol. The van der Waals surface area contributed by atoms with E-state index in [9.17, 15) is 14.4 Å². The minimum Gasteiger partial charge on any atom is -0.462 e. The molecule has 0 aromatic rings. The van der Waals surface area contributed by atoms with E-state index in [4.69, 9.17) is 14.2 Å². The summed E-state index contributed by atoms with van der Waals surface area (Å²) >= 11 is 0. The molecule has 6 nitrogen and oxygen atoms in total. The molecule has 0 saturated heterocycles. The normalized spacial score (nSPS) is 12.5. The van der Waals surface area contributed by atoms with Crippen molar-refractivity contribution in [3.05, 3.63) is 72.9 Å². The average molecular weight is 1080 g/mol. The molecule has 0 N–H and O–H groups in total. The maximum absolute atomic E-state index is 12.9. The van der Waals surface area contributed by atoms with E-state index >= 15 is 0 Å². The molecule has 0 aromatic carbocycles. The third-order valence-corrected chi connectivity index (χ3v) is 14.7. The molecule has 0 fully saturated rings. The zero-order valence-electron chi connectivity index (χ0n) is 51.2. The highest BCUT2D eigenvalue weighted by molar-refractivity contribution is 5.71. The third-order valence-electron chi connectivity index (χ3n) is 14.7. The molecule has 0 saturated carbocycles. The molecule has 0 aliphatic carbocycles. The summed E-state index contributed by atoms with van der Waals surface area (Å²) in [4.78, 5) is 38.3. The minimum atomic E-state index is -0.796. The van der Waals surface area contributed by atoms with Crippen LogP contribution in [0.3, 0.4) is 0 Å². The summed E-state index contributed by atoms with van der Waals surface area (Å²) in [5.74, 6) is -0.914. The quantitative estimate of drug-likeness (QED) is 0.0261. The zero-order chi connectivity index (χ0) is 55.7. The van der Waals surface area contributed by atoms with E-state index in [1.165, 1.54) is 199 Å². The third kappa shape index (κ3) is 63.6. The standard InChI is InChI=1S/C71H126O6/c1-4-7-10-13-16-19-22-25-27-29-31-32-33-34-35-36-37-38-40-41-43-46-49-52-55-58-61-64-70(73)76-67-68(66-75-69(72)63-60-57-54-51-48-45-24-21-18-15-12-9-6-3)77-71(74)65-62-59-56-53-50-47-44-42-39-30-28-26-23-20-17-14-11-8-5-2/h8,11,17,20-21,24,26,28,39,42,47,50,68H,4-7,9-10,12-16,18-19,22-23,25,27,29-38,40-41,43-46,48-49,51-67H2,1-3H3/b11-8-,20-17-,24-21-,28-26-,42-39-,50-47-. The Balaban J connectivity index is 4.28. The fourth-order valence-corrected chi connectivity index (χ4v) is 9.70. The van der Waals surface area contributed by atoms with E-state index in [0.29, 0.717) is 19.3 Å². The van der Waals surface area contributed by atoms with Gasteiger partial charge in [-0.2, -0.15) is 0 Å². The van der Waals surface area contributed by atoms with Crippen LogP contribution in [0.25, 0.3) is 0 Å². The Morgan fingerprint density at radius 1 is 0.273 bits per heavy atom. The van der Waals surface area contributed by atoms with Crippen molar-refractivity contribution in [3.63, 3.8) is 0 Å². The number of ether oxygens (including phenoxy) is 3. The number of carbonyl (C=O) groups is 3. The lowest BCUT2D eigenvalue weighted by molar-refractivity contribution is -0.167. The first-order valence-electron chi connectivity index (χ1n) is 33.4. The van der Waals surface area contributed by atoms with Crippen LogP contribution >= 0.6 is 0 Å². The van der Waals surface area contributed by atoms with Crippen molar-refractivity contribution in [3.8, 4) is 0 Å². The summed E-state index contributed by atoms with van der Waals surface area (Å²) in [6.45, 7) is 6.52. The average Bonchev–Trinajstić information content (AvgIpc) is 3.43. The predicted molar refractivity (Wildman–Crippen MR) is 335 cm³/mol. The molecule has 0 bridgehead atoms. The Labute approximate surface area is 478 Å². The fraction of sp³-hybridized carbons (Fsp3) is 0.789. The van der Waals surface area contributed by atoms with E-state index < -0.39 is 6.10 Å². The Kier molecular flexibility index (Phi) is 62.7. The lowest BCUT2D eigenvalue weighted by Gasteiger charge is -2.18. The van der Waals surface area contributed by atoms with Gasteiger partial charge in [-0.05, 0) is 89.9 Å². The molecule has 0 rings (SSSR count). The zero-order valence-corrected chi connectivity index (χ0v) is 51.2. The number of hydrogen-bond acceptors (Lipinski definition) is 6. The van der Waals surface area contributed by atoms with Crippen LogP contribution in [0.15, 0.2) is 72.9 Å². The first-order chi connectivity index (χ1) is 38.0. The highest BCUT2D eigenvalue weighted by Gasteiger charge is 2.19. The Bertz CT molecular complexity index is 1420. The van der Waals surface area contributed by atoms with Gasteiger partial charge in [-0.3, -0.25) is 14.4 Å². The molecule has 0 radical (unpaired) electrons. The highest BCUT2D eigenvalue weighted by Crippen LogP contribution is 2.18. The van der Waals surface area contributed by atoms with Crippen LogP contribution in [-0.2, 0) is 28.6 Å². The van der Waals surface area contributed by atoms with Gasteiger partial charge in [-0.1, -0.05) is 306 Å². The van der Waals surface area contributed by atoms with Crippen LogP contribution in [0.4, 0.5) is 0 Å². The topological polar surface area (TPSA) is 78.9 Å². The molecule has 77 heavy (non-hydrogen) atoms. The van der Waals surface area contributed by atoms with Crippen molar-refractivity contribution in [1.82, 2.24) is 0 Å². The molecule has 446 valence electrons. The van der Waals surface area contributed by atoms with Gasteiger partial charge >= 0.3 is 17.9 Å². The van der Waals surface area contributed by atoms with Gasteiger partial charge in [0.1, 0.15) is 13.2 Å². The molecular formula is C71H126O6. The van der Waals surface area contributed by atoms with E-state index in [2.05, 4.69) is 93.7 Å². The van der Waals surface area contributed by atoms with Gasteiger partial charge < -0.3 is 14.2 Å². The summed E-state index contributed by atoms with van der Waals surface area (Å²) in [6.07, 6.45) is 85.0. The summed E-state index contributed by atoms with van der Waals surface area (Å²) in [5.41, 5.74) is 0. The number of carbonyl (C=O) groups excluding carboxylic acids is 3. The van der Waals surface area contributed by atoms with Crippen LogP contribution in [0.1, 0.15) is 342 Å². The van der Waals surface area contributed by atoms with E-state index in [1.54, 1.807) is 0 Å². The van der Waals surface area contributed by atoms with Crippen LogP contribution in [-0.4, -0.2) is 37.2 Å². The maximum atomic E-state index is 12.9. The summed E-state index contributed by atoms with van der Waals surface area (Å²) < 4.78 is 16.9. The van der Waals surface area contributed by atoms with Crippen molar-refractivity contribution < 1.29 is 28.6 Å². The SMILES string of the molecule is CC/C=C\C/C=C\C/C=C\C/C=C\C/C=C\CCCCCC(=O)OC(COC(=O)CCCCCCC/C=C\CCCCCC)COC(=O)CCCCCCCCCCCCCCCCCCCCCCCCCCCCC. The van der Waals surface area contributed by atoms with Crippen molar-refractivity contribution in [2.24, 2.45) is 0 Å². The predicted octanol–water partition coefficient (Wildman–Crippen LogP) is 22.9. The Morgan fingerprint density at radius 2 is 0.506 bits per heavy atom. The fourth-order valence-electron chi connectivity index (χ4n) is 9.70. The number of rotatable bonds is 61. The van der Waals surface area contributed by atoms with Crippen LogP contribution in [0.5, 0.6) is 0 Å². The number of allylic oxidation sites excluding steroid dienone is 12. The molecule has 1 atom stereocenters. The lowest BCUT2D eigenvalue weighted by atomic mass is 10.0. The van der Waals surface area contributed by atoms with Gasteiger partial charge in [-0.15, -0.1) is 0 Å². The number of esters is 3. The smallest absolute Gasteiger partial charge is 0.306 e. The molecule has 0 aliphatic rings. The second-order valence-electron chi connectivity index (χ2n) is 22.4. The second kappa shape index (κ2) is 65.4. The molecule has 6 heteroatoms. The van der Waals surface area contributed by atoms with E-state index in [0.717, 1.165) is 103 Å². The Morgan fingerprint density at radius 3 is 0.831 bits per heavy atom.